The number of hydrogen-bond donors (Lipinski definition) is 3. The fourth-order valence-electron chi connectivity index (χ4n) is 4.61. The highest BCUT2D eigenvalue weighted by Crippen LogP contribution is 2.29. The molecule has 0 saturated heterocycles. The Kier molecular flexibility index (Phi) is 7.24. The topological polar surface area (TPSA) is 107 Å². The first kappa shape index (κ1) is 25.6. The normalized spacial score (nSPS) is 13.7. The van der Waals surface area contributed by atoms with Gasteiger partial charge in [-0.3, -0.25) is 19.5 Å². The van der Waals surface area contributed by atoms with Crippen LogP contribution in [0, 0.1) is 12.7 Å². The van der Waals surface area contributed by atoms with Crippen LogP contribution in [0.15, 0.2) is 48.7 Å². The second-order valence-electron chi connectivity index (χ2n) is 9.43. The van der Waals surface area contributed by atoms with E-state index in [0.717, 1.165) is 32.5 Å². The van der Waals surface area contributed by atoms with Gasteiger partial charge in [0.05, 0.1) is 16.6 Å². The Hall–Kier alpha value is -4.05. The predicted octanol–water partition coefficient (Wildman–Crippen LogP) is 4.10. The van der Waals surface area contributed by atoms with Gasteiger partial charge in [-0.25, -0.2) is 4.39 Å². The number of aryl methyl sites for hydroxylation is 1. The number of nitrogens with zero attached hydrogens (tertiary/aromatic N) is 2. The Labute approximate surface area is 223 Å². The summed E-state index contributed by atoms with van der Waals surface area (Å²) in [7, 11) is 0. The second-order valence-corrected chi connectivity index (χ2v) is 10.6. The molecule has 38 heavy (non-hydrogen) atoms. The highest BCUT2D eigenvalue weighted by Gasteiger charge is 2.29. The first-order chi connectivity index (χ1) is 18.3. The number of hydrogen-bond acceptors (Lipinski definition) is 5. The van der Waals surface area contributed by atoms with Crippen LogP contribution in [0.2, 0.25) is 0 Å². The smallest absolute Gasteiger partial charge is 0.261 e. The van der Waals surface area contributed by atoms with E-state index >= 15 is 0 Å². The first-order valence-corrected chi connectivity index (χ1v) is 13.3. The highest BCUT2D eigenvalue weighted by molar-refractivity contribution is 7.14. The van der Waals surface area contributed by atoms with E-state index in [1.165, 1.54) is 23.5 Å². The molecule has 10 heteroatoms. The molecule has 0 spiro atoms. The maximum Gasteiger partial charge on any atom is 0.261 e. The Morgan fingerprint density at radius 3 is 2.82 bits per heavy atom. The van der Waals surface area contributed by atoms with Gasteiger partial charge in [-0.2, -0.15) is 5.10 Å². The Bertz CT molecular complexity index is 1530. The minimum absolute atomic E-state index is 0.144. The minimum atomic E-state index is -0.653. The maximum atomic E-state index is 13.6. The molecule has 3 amide bonds. The number of carbonyl (C=O) groups is 3. The van der Waals surface area contributed by atoms with Gasteiger partial charge < -0.3 is 15.5 Å². The lowest BCUT2D eigenvalue weighted by Gasteiger charge is -2.30. The van der Waals surface area contributed by atoms with Crippen molar-refractivity contribution in [3.05, 3.63) is 86.5 Å². The molecule has 3 N–H and O–H groups in total. The van der Waals surface area contributed by atoms with Crippen LogP contribution in [0.3, 0.4) is 0 Å². The molecule has 0 fully saturated rings. The van der Waals surface area contributed by atoms with Crippen molar-refractivity contribution in [2.24, 2.45) is 0 Å². The summed E-state index contributed by atoms with van der Waals surface area (Å²) in [4.78, 5) is 42.4. The van der Waals surface area contributed by atoms with Crippen molar-refractivity contribution in [3.63, 3.8) is 0 Å². The fourth-order valence-corrected chi connectivity index (χ4v) is 5.69. The molecule has 1 aliphatic heterocycles. The number of halogens is 1. The third-order valence-corrected chi connectivity index (χ3v) is 8.10. The summed E-state index contributed by atoms with van der Waals surface area (Å²) >= 11 is 1.42. The van der Waals surface area contributed by atoms with Gasteiger partial charge in [0.25, 0.3) is 11.8 Å². The van der Waals surface area contributed by atoms with Crippen molar-refractivity contribution < 1.29 is 18.8 Å². The quantitative estimate of drug-likeness (QED) is 0.333. The number of aromatic nitrogens is 2. The molecule has 0 bridgehead atoms. The molecule has 0 saturated carbocycles. The van der Waals surface area contributed by atoms with Crippen LogP contribution in [0.5, 0.6) is 0 Å². The lowest BCUT2D eigenvalue weighted by Crippen LogP contribution is -2.49. The number of benzene rings is 2. The van der Waals surface area contributed by atoms with Crippen LogP contribution in [0.1, 0.15) is 54.9 Å². The average molecular weight is 534 g/mol. The number of H-pyrrole nitrogens is 1. The second kappa shape index (κ2) is 10.7. The molecular weight excluding hydrogens is 505 g/mol. The minimum Gasteiger partial charge on any atom is -0.347 e. The van der Waals surface area contributed by atoms with Gasteiger partial charge in [0, 0.05) is 35.5 Å². The number of aromatic amines is 1. The summed E-state index contributed by atoms with van der Waals surface area (Å²) < 4.78 is 13.6. The lowest BCUT2D eigenvalue weighted by atomic mass is 10.1. The average Bonchev–Trinajstić information content (AvgIpc) is 3.57. The van der Waals surface area contributed by atoms with E-state index in [-0.39, 0.29) is 30.1 Å². The number of fused-ring (bicyclic) bond motifs is 2. The summed E-state index contributed by atoms with van der Waals surface area (Å²) in [5.41, 5.74) is 3.88. The van der Waals surface area contributed by atoms with Gasteiger partial charge in [-0.1, -0.05) is 13.0 Å². The zero-order valence-electron chi connectivity index (χ0n) is 21.1. The number of nitrogens with one attached hydrogen (secondary N) is 3. The van der Waals surface area contributed by atoms with E-state index in [4.69, 9.17) is 0 Å². The Morgan fingerprint density at radius 2 is 2.00 bits per heavy atom. The zero-order chi connectivity index (χ0) is 26.8. The van der Waals surface area contributed by atoms with Crippen LogP contribution in [-0.4, -0.2) is 45.4 Å². The van der Waals surface area contributed by atoms with E-state index in [2.05, 4.69) is 20.8 Å². The molecule has 1 atom stereocenters. The molecule has 1 unspecified atom stereocenters. The largest absolute Gasteiger partial charge is 0.347 e. The summed E-state index contributed by atoms with van der Waals surface area (Å²) in [5.74, 6) is -1.01. The molecule has 196 valence electrons. The van der Waals surface area contributed by atoms with Crippen LogP contribution in [0.4, 0.5) is 4.39 Å². The van der Waals surface area contributed by atoms with Gasteiger partial charge in [0.15, 0.2) is 0 Å². The Morgan fingerprint density at radius 1 is 1.16 bits per heavy atom. The van der Waals surface area contributed by atoms with E-state index in [1.807, 2.05) is 19.9 Å². The Balaban J connectivity index is 1.21. The van der Waals surface area contributed by atoms with E-state index in [9.17, 15) is 18.8 Å². The van der Waals surface area contributed by atoms with E-state index in [1.54, 1.807) is 35.4 Å². The van der Waals surface area contributed by atoms with Crippen molar-refractivity contribution in [1.82, 2.24) is 25.7 Å². The predicted molar refractivity (Wildman–Crippen MR) is 143 cm³/mol. The maximum absolute atomic E-state index is 13.6. The summed E-state index contributed by atoms with van der Waals surface area (Å²) in [6, 6.07) is 10.9. The monoisotopic (exact) mass is 533 g/mol. The lowest BCUT2D eigenvalue weighted by molar-refractivity contribution is -0.134. The fraction of sp³-hybridized carbons (Fsp3) is 0.286. The molecule has 2 aromatic carbocycles. The molecule has 3 heterocycles. The summed E-state index contributed by atoms with van der Waals surface area (Å²) in [5, 5.41) is 13.4. The van der Waals surface area contributed by atoms with Gasteiger partial charge in [0.2, 0.25) is 5.91 Å². The van der Waals surface area contributed by atoms with Crippen LogP contribution >= 0.6 is 11.3 Å². The summed E-state index contributed by atoms with van der Waals surface area (Å²) in [6.45, 7) is 4.88. The molecule has 0 radical (unpaired) electrons. The number of thiophene rings is 1. The van der Waals surface area contributed by atoms with Crippen LogP contribution < -0.4 is 10.6 Å². The van der Waals surface area contributed by atoms with Crippen molar-refractivity contribution in [1.29, 1.82) is 0 Å². The van der Waals surface area contributed by atoms with Gasteiger partial charge in [0.1, 0.15) is 11.9 Å². The van der Waals surface area contributed by atoms with Crippen molar-refractivity contribution in [2.45, 2.75) is 45.8 Å². The van der Waals surface area contributed by atoms with E-state index < -0.39 is 6.04 Å². The third kappa shape index (κ3) is 5.31. The van der Waals surface area contributed by atoms with Crippen LogP contribution in [0.25, 0.3) is 10.9 Å². The molecule has 5 rings (SSSR count). The molecule has 8 nitrogen and oxygen atoms in total. The zero-order valence-corrected chi connectivity index (χ0v) is 22.0. The molecule has 0 aliphatic carbocycles. The first-order valence-electron chi connectivity index (χ1n) is 12.5. The molecule has 2 aromatic heterocycles. The third-order valence-electron chi connectivity index (χ3n) is 6.87. The van der Waals surface area contributed by atoms with Crippen molar-refractivity contribution >= 4 is 40.0 Å². The van der Waals surface area contributed by atoms with Gasteiger partial charge >= 0.3 is 0 Å². The highest BCUT2D eigenvalue weighted by atomic mass is 32.1. The van der Waals surface area contributed by atoms with E-state index in [0.29, 0.717) is 36.4 Å². The van der Waals surface area contributed by atoms with Gasteiger partial charge in [-0.15, -0.1) is 11.3 Å². The number of amides is 3. The molecule has 1 aliphatic rings. The van der Waals surface area contributed by atoms with Crippen molar-refractivity contribution in [2.75, 3.05) is 6.54 Å². The standard InChI is InChI=1S/C28H28FN5O3S/c1-3-22(32-26(35)17-5-7-23-19(10-17)14-31-33-23)28(37)34-9-8-24-20(15-34)12-25(38-24)27(36)30-13-18-11-21(29)6-4-16(18)2/h4-7,10-12,14,22H,3,8-9,13,15H2,1-2H3,(H,30,36)(H,31,33)(H,32,35). The molecular formula is C28H28FN5O3S. The molecule has 4 aromatic rings. The SMILES string of the molecule is CCC(NC(=O)c1ccc2[nH]ncc2c1)C(=O)N1CCc2sc(C(=O)NCc3cc(F)ccc3C)cc2C1. The number of rotatable bonds is 7. The van der Waals surface area contributed by atoms with Crippen molar-refractivity contribution in [3.8, 4) is 0 Å². The van der Waals surface area contributed by atoms with Gasteiger partial charge in [-0.05, 0) is 72.9 Å². The summed E-state index contributed by atoms with van der Waals surface area (Å²) in [6.07, 6.45) is 2.75. The number of carbonyl (C=O) groups excluding carboxylic acids is 3. The van der Waals surface area contributed by atoms with Crippen LogP contribution in [-0.2, 0) is 24.3 Å².